The number of urea groups is 1. The summed E-state index contributed by atoms with van der Waals surface area (Å²) in [5, 5.41) is 7.45. The summed E-state index contributed by atoms with van der Waals surface area (Å²) < 4.78 is 0. The molecule has 1 heterocycles. The average Bonchev–Trinajstić information content (AvgIpc) is 2.80. The van der Waals surface area contributed by atoms with Crippen LogP contribution in [0, 0.1) is 0 Å². The minimum atomic E-state index is -1.23. The predicted octanol–water partition coefficient (Wildman–Crippen LogP) is 2.28. The molecule has 122 valence electrons. The lowest BCUT2D eigenvalue weighted by atomic mass is 9.97. The number of para-hydroxylation sites is 1. The Morgan fingerprint density at radius 2 is 1.71 bits per heavy atom. The Labute approximate surface area is 139 Å². The van der Waals surface area contributed by atoms with E-state index in [0.717, 1.165) is 11.1 Å². The van der Waals surface area contributed by atoms with Crippen LogP contribution in [0.1, 0.15) is 13.3 Å². The summed E-state index contributed by atoms with van der Waals surface area (Å²) in [5.41, 5.74) is 1.29. The lowest BCUT2D eigenvalue weighted by molar-refractivity contribution is -0.127. The Hall–Kier alpha value is -3.15. The molecule has 0 radical (unpaired) electrons. The van der Waals surface area contributed by atoms with E-state index in [1.165, 1.54) is 6.92 Å². The number of imide groups is 1. The van der Waals surface area contributed by atoms with Crippen molar-refractivity contribution >= 4 is 23.5 Å². The highest BCUT2D eigenvalue weighted by Crippen LogP contribution is 2.28. The molecule has 0 aliphatic carbocycles. The fourth-order valence-electron chi connectivity index (χ4n) is 2.68. The summed E-state index contributed by atoms with van der Waals surface area (Å²) >= 11 is 0. The summed E-state index contributed by atoms with van der Waals surface area (Å²) in [6.45, 7) is 1.52. The topological polar surface area (TPSA) is 87.3 Å². The molecule has 6 heteroatoms. The van der Waals surface area contributed by atoms with Gasteiger partial charge in [0, 0.05) is 11.3 Å². The molecule has 3 N–H and O–H groups in total. The number of nitrogens with one attached hydrogen (secondary N) is 3. The zero-order chi connectivity index (χ0) is 17.2. The Balaban J connectivity index is 1.79. The van der Waals surface area contributed by atoms with Crippen molar-refractivity contribution in [3.8, 4) is 11.1 Å². The molecule has 2 aromatic carbocycles. The zero-order valence-corrected chi connectivity index (χ0v) is 13.1. The zero-order valence-electron chi connectivity index (χ0n) is 13.1. The number of carbonyl (C=O) groups is 3. The molecular formula is C18H17N3O3. The van der Waals surface area contributed by atoms with Gasteiger partial charge >= 0.3 is 6.03 Å². The van der Waals surface area contributed by atoms with Gasteiger partial charge in [0.15, 0.2) is 0 Å². The lowest BCUT2D eigenvalue weighted by Gasteiger charge is -2.20. The molecule has 1 saturated heterocycles. The molecule has 1 unspecified atom stereocenters. The van der Waals surface area contributed by atoms with Gasteiger partial charge in [-0.1, -0.05) is 48.5 Å². The van der Waals surface area contributed by atoms with E-state index in [2.05, 4.69) is 16.0 Å². The van der Waals surface area contributed by atoms with Crippen LogP contribution in [0.2, 0.25) is 0 Å². The van der Waals surface area contributed by atoms with Gasteiger partial charge in [-0.25, -0.2) is 4.79 Å². The predicted molar refractivity (Wildman–Crippen MR) is 90.2 cm³/mol. The van der Waals surface area contributed by atoms with E-state index in [9.17, 15) is 14.4 Å². The highest BCUT2D eigenvalue weighted by molar-refractivity contribution is 6.09. The van der Waals surface area contributed by atoms with Crippen molar-refractivity contribution in [3.05, 3.63) is 54.6 Å². The van der Waals surface area contributed by atoms with Gasteiger partial charge in [0.1, 0.15) is 5.54 Å². The first-order valence-electron chi connectivity index (χ1n) is 7.56. The minimum Gasteiger partial charge on any atom is -0.325 e. The van der Waals surface area contributed by atoms with Gasteiger partial charge in [-0.2, -0.15) is 0 Å². The van der Waals surface area contributed by atoms with Crippen molar-refractivity contribution in [1.29, 1.82) is 0 Å². The summed E-state index contributed by atoms with van der Waals surface area (Å²) in [6, 6.07) is 16.5. The van der Waals surface area contributed by atoms with Gasteiger partial charge in [-0.05, 0) is 18.6 Å². The second-order valence-corrected chi connectivity index (χ2v) is 5.88. The van der Waals surface area contributed by atoms with Gasteiger partial charge in [-0.3, -0.25) is 14.9 Å². The molecule has 1 atom stereocenters. The summed E-state index contributed by atoms with van der Waals surface area (Å²) in [6.07, 6.45) is -0.145. The Morgan fingerprint density at radius 1 is 1.04 bits per heavy atom. The minimum absolute atomic E-state index is 0.145. The fraction of sp³-hybridized carbons (Fsp3) is 0.167. The molecule has 1 fully saturated rings. The van der Waals surface area contributed by atoms with Crippen molar-refractivity contribution in [2.24, 2.45) is 0 Å². The third-order valence-corrected chi connectivity index (χ3v) is 3.92. The molecule has 6 nitrogen and oxygen atoms in total. The number of hydrogen-bond donors (Lipinski definition) is 3. The maximum absolute atomic E-state index is 12.4. The number of hydrogen-bond acceptors (Lipinski definition) is 3. The van der Waals surface area contributed by atoms with Gasteiger partial charge in [0.25, 0.3) is 5.91 Å². The maximum Gasteiger partial charge on any atom is 0.322 e. The Bertz CT molecular complexity index is 804. The number of amides is 4. The standard InChI is InChI=1S/C18H17N3O3/c1-18(16(23)20-17(24)21-18)11-15(22)19-14-10-6-5-9-13(14)12-7-3-2-4-8-12/h2-10H,11H2,1H3,(H,19,22)(H2,20,21,23,24). The molecule has 1 aliphatic rings. The molecule has 0 saturated carbocycles. The van der Waals surface area contributed by atoms with E-state index in [-0.39, 0.29) is 12.3 Å². The van der Waals surface area contributed by atoms with Crippen LogP contribution in [0.25, 0.3) is 11.1 Å². The van der Waals surface area contributed by atoms with Crippen LogP contribution in [0.4, 0.5) is 10.5 Å². The normalized spacial score (nSPS) is 19.5. The van der Waals surface area contributed by atoms with Crippen molar-refractivity contribution in [1.82, 2.24) is 10.6 Å². The molecule has 0 aromatic heterocycles. The molecule has 3 rings (SSSR count). The van der Waals surface area contributed by atoms with Crippen LogP contribution in [0.5, 0.6) is 0 Å². The molecule has 0 spiro atoms. The van der Waals surface area contributed by atoms with Crippen molar-refractivity contribution in [3.63, 3.8) is 0 Å². The number of carbonyl (C=O) groups excluding carboxylic acids is 3. The van der Waals surface area contributed by atoms with Crippen molar-refractivity contribution < 1.29 is 14.4 Å². The largest absolute Gasteiger partial charge is 0.325 e. The van der Waals surface area contributed by atoms with E-state index in [0.29, 0.717) is 5.69 Å². The van der Waals surface area contributed by atoms with E-state index in [4.69, 9.17) is 0 Å². The highest BCUT2D eigenvalue weighted by Gasteiger charge is 2.43. The molecule has 4 amide bonds. The third kappa shape index (κ3) is 3.12. The van der Waals surface area contributed by atoms with Crippen molar-refractivity contribution in [2.45, 2.75) is 18.9 Å². The number of benzene rings is 2. The van der Waals surface area contributed by atoms with E-state index in [1.807, 2.05) is 48.5 Å². The smallest absolute Gasteiger partial charge is 0.322 e. The lowest BCUT2D eigenvalue weighted by Crippen LogP contribution is -2.46. The quantitative estimate of drug-likeness (QED) is 0.754. The highest BCUT2D eigenvalue weighted by atomic mass is 16.2. The Morgan fingerprint density at radius 3 is 2.38 bits per heavy atom. The van der Waals surface area contributed by atoms with Gasteiger partial charge < -0.3 is 10.6 Å². The van der Waals surface area contributed by atoms with Gasteiger partial charge in [0.05, 0.1) is 6.42 Å². The van der Waals surface area contributed by atoms with Crippen LogP contribution in [0.15, 0.2) is 54.6 Å². The van der Waals surface area contributed by atoms with Crippen molar-refractivity contribution in [2.75, 3.05) is 5.32 Å². The monoisotopic (exact) mass is 323 g/mol. The summed E-state index contributed by atoms with van der Waals surface area (Å²) in [4.78, 5) is 35.4. The Kier molecular flexibility index (Phi) is 4.04. The third-order valence-electron chi connectivity index (χ3n) is 3.92. The van der Waals surface area contributed by atoms with Gasteiger partial charge in [-0.15, -0.1) is 0 Å². The van der Waals surface area contributed by atoms with Gasteiger partial charge in [0.2, 0.25) is 5.91 Å². The van der Waals surface area contributed by atoms with Crippen LogP contribution in [-0.4, -0.2) is 23.4 Å². The van der Waals surface area contributed by atoms with E-state index in [1.54, 1.807) is 6.07 Å². The first-order valence-corrected chi connectivity index (χ1v) is 7.56. The van der Waals surface area contributed by atoms with Crippen LogP contribution < -0.4 is 16.0 Å². The second kappa shape index (κ2) is 6.16. The first kappa shape index (κ1) is 15.7. The first-order chi connectivity index (χ1) is 11.5. The average molecular weight is 323 g/mol. The van der Waals surface area contributed by atoms with Crippen LogP contribution in [-0.2, 0) is 9.59 Å². The fourth-order valence-corrected chi connectivity index (χ4v) is 2.68. The molecule has 1 aliphatic heterocycles. The molecule has 0 bridgehead atoms. The molecular weight excluding hydrogens is 306 g/mol. The molecule has 24 heavy (non-hydrogen) atoms. The van der Waals surface area contributed by atoms with Crippen LogP contribution in [0.3, 0.4) is 0 Å². The molecule has 2 aromatic rings. The van der Waals surface area contributed by atoms with E-state index < -0.39 is 17.5 Å². The summed E-state index contributed by atoms with van der Waals surface area (Å²) in [7, 11) is 0. The second-order valence-electron chi connectivity index (χ2n) is 5.88. The maximum atomic E-state index is 12.4. The van der Waals surface area contributed by atoms with E-state index >= 15 is 0 Å². The number of rotatable bonds is 4. The number of anilines is 1. The van der Waals surface area contributed by atoms with Crippen LogP contribution >= 0.6 is 0 Å². The SMILES string of the molecule is CC1(CC(=O)Nc2ccccc2-c2ccccc2)NC(=O)NC1=O. The summed E-state index contributed by atoms with van der Waals surface area (Å²) in [5.74, 6) is -0.850.